The molecule has 0 bridgehead atoms. The number of carboxylic acids is 1. The van der Waals surface area contributed by atoms with Gasteiger partial charge in [-0.2, -0.15) is 22.6 Å². The first kappa shape index (κ1) is 35.1. The molecule has 0 spiro atoms. The number of ether oxygens (including phenoxy) is 2. The van der Waals surface area contributed by atoms with Crippen LogP contribution in [0.5, 0.6) is 17.4 Å². The number of benzene rings is 3. The Balaban J connectivity index is 1.99. The van der Waals surface area contributed by atoms with Crippen LogP contribution in [0.4, 0.5) is 13.2 Å². The van der Waals surface area contributed by atoms with Crippen LogP contribution in [0.2, 0.25) is 10.0 Å². The van der Waals surface area contributed by atoms with Gasteiger partial charge in [0.2, 0.25) is 15.9 Å². The number of carbonyl (C=O) groups is 1. The predicted octanol–water partition coefficient (Wildman–Crippen LogP) is 7.36. The summed E-state index contributed by atoms with van der Waals surface area (Å²) in [6, 6.07) is 11.8. The fourth-order valence-corrected chi connectivity index (χ4v) is 7.61. The highest BCUT2D eigenvalue weighted by molar-refractivity contribution is 7.89. The summed E-state index contributed by atoms with van der Waals surface area (Å²) in [5.74, 6) is -1.77. The van der Waals surface area contributed by atoms with Crippen LogP contribution >= 0.6 is 23.2 Å². The molecule has 246 valence electrons. The van der Waals surface area contributed by atoms with Gasteiger partial charge in [0.15, 0.2) is 5.69 Å². The SMILES string of the molecule is COc1cc(C)c(S(=O)(=O)N(Cc2c(C(F)(F)F)nn(C)c2Oc2ccc(Cl)cc2Cl)[C@@H](Cc2ccccc2)C(=O)O)c(C)c1C. The van der Waals surface area contributed by atoms with Gasteiger partial charge in [0.05, 0.1) is 22.6 Å². The zero-order valence-corrected chi connectivity index (χ0v) is 27.6. The van der Waals surface area contributed by atoms with E-state index in [2.05, 4.69) is 5.10 Å². The molecule has 0 saturated carbocycles. The van der Waals surface area contributed by atoms with Gasteiger partial charge in [0.25, 0.3) is 0 Å². The molecular weight excluding hydrogens is 670 g/mol. The average Bonchev–Trinajstić information content (AvgIpc) is 3.29. The minimum Gasteiger partial charge on any atom is -0.496 e. The number of methoxy groups -OCH3 is 1. The Morgan fingerprint density at radius 3 is 2.26 bits per heavy atom. The summed E-state index contributed by atoms with van der Waals surface area (Å²) in [6.07, 6.45) is -5.43. The summed E-state index contributed by atoms with van der Waals surface area (Å²) in [4.78, 5) is 12.6. The van der Waals surface area contributed by atoms with Gasteiger partial charge in [0, 0.05) is 18.6 Å². The van der Waals surface area contributed by atoms with Crippen molar-refractivity contribution in [1.82, 2.24) is 14.1 Å². The quantitative estimate of drug-likeness (QED) is 0.174. The number of hydrogen-bond acceptors (Lipinski definition) is 6. The molecule has 3 aromatic carbocycles. The van der Waals surface area contributed by atoms with E-state index in [1.54, 1.807) is 37.3 Å². The van der Waals surface area contributed by atoms with Crippen LogP contribution in [-0.2, 0) is 41.0 Å². The smallest absolute Gasteiger partial charge is 0.435 e. The Bertz CT molecular complexity index is 1880. The van der Waals surface area contributed by atoms with E-state index in [9.17, 15) is 31.5 Å². The fourth-order valence-electron chi connectivity index (χ4n) is 5.13. The summed E-state index contributed by atoms with van der Waals surface area (Å²) in [5, 5.41) is 14.2. The molecule has 1 atom stereocenters. The second-order valence-electron chi connectivity index (χ2n) is 10.5. The van der Waals surface area contributed by atoms with Crippen molar-refractivity contribution in [3.8, 4) is 17.4 Å². The maximum Gasteiger partial charge on any atom is 0.435 e. The highest BCUT2D eigenvalue weighted by Gasteiger charge is 2.44. The van der Waals surface area contributed by atoms with E-state index in [0.717, 1.165) is 4.68 Å². The average molecular weight is 701 g/mol. The summed E-state index contributed by atoms with van der Waals surface area (Å²) >= 11 is 12.2. The van der Waals surface area contributed by atoms with Gasteiger partial charge >= 0.3 is 12.1 Å². The molecule has 0 aliphatic heterocycles. The molecule has 46 heavy (non-hydrogen) atoms. The molecule has 1 N–H and O–H groups in total. The molecule has 1 heterocycles. The van der Waals surface area contributed by atoms with Gasteiger partial charge in [0.1, 0.15) is 17.5 Å². The Labute approximate surface area is 274 Å². The van der Waals surface area contributed by atoms with Crippen molar-refractivity contribution in [2.45, 2.75) is 50.9 Å². The van der Waals surface area contributed by atoms with E-state index >= 15 is 0 Å². The van der Waals surface area contributed by atoms with Crippen LogP contribution in [-0.4, -0.2) is 46.7 Å². The number of carboxylic acid groups (broad SMARTS) is 1. The van der Waals surface area contributed by atoms with E-state index in [0.29, 0.717) is 21.2 Å². The molecule has 0 radical (unpaired) electrons. The van der Waals surface area contributed by atoms with Crippen LogP contribution in [0.3, 0.4) is 0 Å². The standard InChI is InChI=1S/C31H30Cl2F3N3O6S/c1-17-13-26(44-5)18(2)19(3)27(17)46(42,43)39(24(30(40)41)14-20-9-7-6-8-10-20)16-22-28(31(34,35)36)37-38(4)29(22)45-25-12-11-21(32)15-23(25)33/h6-13,15,24H,14,16H2,1-5H3,(H,40,41)/t24-/m0/s1. The Morgan fingerprint density at radius 1 is 1.04 bits per heavy atom. The van der Waals surface area contributed by atoms with E-state index in [1.165, 1.54) is 52.3 Å². The van der Waals surface area contributed by atoms with E-state index in [4.69, 9.17) is 32.7 Å². The monoisotopic (exact) mass is 699 g/mol. The summed E-state index contributed by atoms with van der Waals surface area (Å²) < 4.78 is 85.2. The second kappa shape index (κ2) is 13.5. The van der Waals surface area contributed by atoms with Crippen molar-refractivity contribution in [2.75, 3.05) is 7.11 Å². The first-order valence-electron chi connectivity index (χ1n) is 13.7. The highest BCUT2D eigenvalue weighted by atomic mass is 35.5. The zero-order chi connectivity index (χ0) is 34.1. The van der Waals surface area contributed by atoms with Crippen LogP contribution in [0, 0.1) is 20.8 Å². The Kier molecular flexibility index (Phi) is 10.3. The number of hydrogen-bond donors (Lipinski definition) is 1. The number of aliphatic carboxylic acids is 1. The van der Waals surface area contributed by atoms with Crippen LogP contribution < -0.4 is 9.47 Å². The molecule has 4 aromatic rings. The molecule has 1 aromatic heterocycles. The normalized spacial score (nSPS) is 12.8. The van der Waals surface area contributed by atoms with Crippen LogP contribution in [0.25, 0.3) is 0 Å². The third-order valence-corrected chi connectivity index (χ3v) is 10.1. The van der Waals surface area contributed by atoms with Gasteiger partial charge in [-0.25, -0.2) is 13.1 Å². The van der Waals surface area contributed by atoms with Gasteiger partial charge < -0.3 is 14.6 Å². The van der Waals surface area contributed by atoms with Crippen molar-refractivity contribution in [3.63, 3.8) is 0 Å². The number of alkyl halides is 3. The lowest BCUT2D eigenvalue weighted by atomic mass is 10.1. The number of sulfonamides is 1. The Morgan fingerprint density at radius 2 is 1.70 bits per heavy atom. The summed E-state index contributed by atoms with van der Waals surface area (Å²) in [6.45, 7) is 3.57. The summed E-state index contributed by atoms with van der Waals surface area (Å²) in [5.41, 5.74) is -0.817. The minimum absolute atomic E-state index is 0.0369. The first-order valence-corrected chi connectivity index (χ1v) is 15.9. The molecular formula is C31H30Cl2F3N3O6S. The number of aromatic nitrogens is 2. The maximum atomic E-state index is 14.6. The van der Waals surface area contributed by atoms with E-state index < -0.39 is 51.9 Å². The number of nitrogens with zero attached hydrogens (tertiary/aromatic N) is 3. The van der Waals surface area contributed by atoms with E-state index in [1.807, 2.05) is 0 Å². The topological polar surface area (TPSA) is 111 Å². The molecule has 4 rings (SSSR count). The van der Waals surface area contributed by atoms with Crippen LogP contribution in [0.15, 0.2) is 59.5 Å². The van der Waals surface area contributed by atoms with Gasteiger partial charge in [-0.15, -0.1) is 0 Å². The van der Waals surface area contributed by atoms with Crippen LogP contribution in [0.1, 0.15) is 33.5 Å². The second-order valence-corrected chi connectivity index (χ2v) is 13.2. The first-order chi connectivity index (χ1) is 21.5. The van der Waals surface area contributed by atoms with Crippen molar-refractivity contribution >= 4 is 39.2 Å². The molecule has 0 aliphatic carbocycles. The summed E-state index contributed by atoms with van der Waals surface area (Å²) in [7, 11) is -2.24. The molecule has 0 saturated heterocycles. The highest BCUT2D eigenvalue weighted by Crippen LogP contribution is 2.41. The largest absolute Gasteiger partial charge is 0.496 e. The van der Waals surface area contributed by atoms with Crippen molar-refractivity contribution < 1.29 is 41.0 Å². The van der Waals surface area contributed by atoms with Crippen molar-refractivity contribution in [2.24, 2.45) is 7.05 Å². The minimum atomic E-state index is -5.07. The molecule has 15 heteroatoms. The van der Waals surface area contributed by atoms with E-state index in [-0.39, 0.29) is 38.2 Å². The third kappa shape index (κ3) is 7.12. The number of aryl methyl sites for hydroxylation is 2. The molecule has 0 fully saturated rings. The van der Waals surface area contributed by atoms with Crippen molar-refractivity contribution in [1.29, 1.82) is 0 Å². The van der Waals surface area contributed by atoms with Gasteiger partial charge in [-0.1, -0.05) is 53.5 Å². The lowest BCUT2D eigenvalue weighted by Gasteiger charge is -2.30. The van der Waals surface area contributed by atoms with Crippen molar-refractivity contribution in [3.05, 3.63) is 98.2 Å². The molecule has 0 aliphatic rings. The fraction of sp³-hybridized carbons (Fsp3) is 0.290. The molecule has 0 amide bonds. The Hall–Kier alpha value is -3.78. The van der Waals surface area contributed by atoms with Gasteiger partial charge in [-0.3, -0.25) is 4.79 Å². The predicted molar refractivity (Wildman–Crippen MR) is 166 cm³/mol. The number of rotatable bonds is 11. The molecule has 9 nitrogen and oxygen atoms in total. The maximum absolute atomic E-state index is 14.6. The van der Waals surface area contributed by atoms with Gasteiger partial charge in [-0.05, 0) is 73.7 Å². The zero-order valence-electron chi connectivity index (χ0n) is 25.3. The lowest BCUT2D eigenvalue weighted by Crippen LogP contribution is -2.46. The number of halogens is 5. The molecule has 0 unspecified atom stereocenters. The third-order valence-electron chi connectivity index (χ3n) is 7.44. The lowest BCUT2D eigenvalue weighted by molar-refractivity contribution is -0.142.